The van der Waals surface area contributed by atoms with Crippen molar-refractivity contribution in [2.45, 2.75) is 36.8 Å². The van der Waals surface area contributed by atoms with Crippen LogP contribution in [0.5, 0.6) is 0 Å². The fraction of sp³-hybridized carbons (Fsp3) is 0.600. The van der Waals surface area contributed by atoms with Crippen LogP contribution in [0.15, 0.2) is 14.3 Å². The van der Waals surface area contributed by atoms with E-state index >= 15 is 0 Å². The van der Waals surface area contributed by atoms with Crippen LogP contribution in [0.2, 0.25) is 0 Å². The zero-order valence-corrected chi connectivity index (χ0v) is 13.7. The number of thiophene rings is 1. The highest BCUT2D eigenvalue weighted by Gasteiger charge is 2.30. The van der Waals surface area contributed by atoms with E-state index in [0.717, 1.165) is 14.7 Å². The Morgan fingerprint density at radius 1 is 1.47 bits per heavy atom. The van der Waals surface area contributed by atoms with Crippen molar-refractivity contribution in [3.05, 3.63) is 19.2 Å². The lowest BCUT2D eigenvalue weighted by molar-refractivity contribution is 0.0561. The quantitative estimate of drug-likeness (QED) is 0.594. The smallest absolute Gasteiger partial charge is 0.0843 e. The maximum absolute atomic E-state index is 5.86. The third-order valence-electron chi connectivity index (χ3n) is 2.53. The summed E-state index contributed by atoms with van der Waals surface area (Å²) in [6.07, 6.45) is 3.03. The molecule has 1 nitrogen and oxygen atoms in total. The zero-order chi connectivity index (χ0) is 11.0. The van der Waals surface area contributed by atoms with E-state index in [-0.39, 0.29) is 0 Å². The molecule has 1 aromatic heterocycles. The minimum absolute atomic E-state index is 0.315. The Balaban J connectivity index is 2.10. The predicted octanol–water partition coefficient (Wildman–Crippen LogP) is 5.28. The molecular weight excluding hydrogens is 408 g/mol. The van der Waals surface area contributed by atoms with E-state index in [0.29, 0.717) is 17.0 Å². The van der Waals surface area contributed by atoms with E-state index in [4.69, 9.17) is 4.74 Å². The predicted molar refractivity (Wildman–Crippen MR) is 75.0 cm³/mol. The van der Waals surface area contributed by atoms with Crippen molar-refractivity contribution in [2.75, 3.05) is 0 Å². The summed E-state index contributed by atoms with van der Waals surface area (Å²) in [6.45, 7) is 2.14. The molecule has 0 saturated carbocycles. The summed E-state index contributed by atoms with van der Waals surface area (Å²) in [7, 11) is 0. The van der Waals surface area contributed by atoms with Gasteiger partial charge in [0, 0.05) is 9.35 Å². The van der Waals surface area contributed by atoms with Crippen molar-refractivity contribution in [3.8, 4) is 0 Å². The fourth-order valence-corrected chi connectivity index (χ4v) is 4.65. The van der Waals surface area contributed by atoms with Crippen LogP contribution in [-0.2, 0) is 4.74 Å². The second kappa shape index (κ2) is 5.17. The van der Waals surface area contributed by atoms with Gasteiger partial charge < -0.3 is 4.74 Å². The average molecular weight is 419 g/mol. The zero-order valence-electron chi connectivity index (χ0n) is 8.17. The molecule has 0 bridgehead atoms. The van der Waals surface area contributed by atoms with Crippen molar-refractivity contribution in [1.82, 2.24) is 0 Å². The number of ether oxygens (including phenoxy) is 1. The SMILES string of the molecule is CC1CCC(C(Br)c2cc(Br)c(Br)s2)O1. The van der Waals surface area contributed by atoms with Crippen LogP contribution in [0.1, 0.15) is 29.5 Å². The van der Waals surface area contributed by atoms with Gasteiger partial charge in [0.15, 0.2) is 0 Å². The van der Waals surface area contributed by atoms with Gasteiger partial charge in [-0.3, -0.25) is 0 Å². The lowest BCUT2D eigenvalue weighted by Gasteiger charge is -2.16. The van der Waals surface area contributed by atoms with Crippen molar-refractivity contribution in [2.24, 2.45) is 0 Å². The normalized spacial score (nSPS) is 28.3. The van der Waals surface area contributed by atoms with Gasteiger partial charge in [0.1, 0.15) is 0 Å². The minimum Gasteiger partial charge on any atom is -0.374 e. The van der Waals surface area contributed by atoms with Gasteiger partial charge in [0.05, 0.1) is 20.8 Å². The van der Waals surface area contributed by atoms with Gasteiger partial charge in [-0.05, 0) is 57.7 Å². The number of hydrogen-bond donors (Lipinski definition) is 0. The van der Waals surface area contributed by atoms with Crippen LogP contribution in [0.3, 0.4) is 0 Å². The largest absolute Gasteiger partial charge is 0.374 e. The molecule has 1 saturated heterocycles. The van der Waals surface area contributed by atoms with E-state index in [1.165, 1.54) is 11.3 Å². The Morgan fingerprint density at radius 3 is 2.67 bits per heavy atom. The maximum atomic E-state index is 5.86. The molecular formula is C10H11Br3OS. The summed E-state index contributed by atoms with van der Waals surface area (Å²) in [5.74, 6) is 0. The highest BCUT2D eigenvalue weighted by Crippen LogP contribution is 2.43. The van der Waals surface area contributed by atoms with Gasteiger partial charge >= 0.3 is 0 Å². The Bertz CT molecular complexity index is 333. The molecule has 3 atom stereocenters. The minimum atomic E-state index is 0.315. The molecule has 0 N–H and O–H groups in total. The number of rotatable bonds is 2. The van der Waals surface area contributed by atoms with E-state index < -0.39 is 0 Å². The molecule has 0 aromatic carbocycles. The van der Waals surface area contributed by atoms with Crippen molar-refractivity contribution < 1.29 is 4.74 Å². The van der Waals surface area contributed by atoms with Crippen LogP contribution in [0.25, 0.3) is 0 Å². The van der Waals surface area contributed by atoms with Crippen LogP contribution in [0, 0.1) is 0 Å². The summed E-state index contributed by atoms with van der Waals surface area (Å²) < 4.78 is 8.13. The highest BCUT2D eigenvalue weighted by molar-refractivity contribution is 9.13. The van der Waals surface area contributed by atoms with Gasteiger partial charge in [0.25, 0.3) is 0 Å². The molecule has 1 aromatic rings. The summed E-state index contributed by atoms with van der Waals surface area (Å²) in [5.41, 5.74) is 0. The van der Waals surface area contributed by atoms with Crippen molar-refractivity contribution in [1.29, 1.82) is 0 Å². The Labute approximate surface area is 119 Å². The molecule has 15 heavy (non-hydrogen) atoms. The average Bonchev–Trinajstić information content (AvgIpc) is 2.74. The first kappa shape index (κ1) is 12.6. The standard InChI is InChI=1S/C10H11Br3OS/c1-5-2-3-7(14-5)9(12)8-4-6(11)10(13)15-8/h4-5,7,9H,2-3H2,1H3. The van der Waals surface area contributed by atoms with Gasteiger partial charge in [-0.25, -0.2) is 0 Å². The summed E-state index contributed by atoms with van der Waals surface area (Å²) in [5, 5.41) is 0. The van der Waals surface area contributed by atoms with Crippen LogP contribution in [0.4, 0.5) is 0 Å². The first-order chi connectivity index (χ1) is 7.08. The third-order valence-corrected chi connectivity index (χ3v) is 7.25. The molecule has 0 amide bonds. The molecule has 0 aliphatic carbocycles. The number of halogens is 3. The monoisotopic (exact) mass is 416 g/mol. The third kappa shape index (κ3) is 2.86. The van der Waals surface area contributed by atoms with Gasteiger partial charge in [0.2, 0.25) is 0 Å². The maximum Gasteiger partial charge on any atom is 0.0843 e. The Morgan fingerprint density at radius 2 is 2.20 bits per heavy atom. The van der Waals surface area contributed by atoms with Crippen LogP contribution in [-0.4, -0.2) is 12.2 Å². The second-order valence-electron chi connectivity index (χ2n) is 3.73. The van der Waals surface area contributed by atoms with Gasteiger partial charge in [-0.2, -0.15) is 0 Å². The Hall–Kier alpha value is 1.10. The second-order valence-corrected chi connectivity index (χ2v) is 7.98. The van der Waals surface area contributed by atoms with Crippen LogP contribution >= 0.6 is 59.1 Å². The molecule has 2 heterocycles. The van der Waals surface area contributed by atoms with Crippen molar-refractivity contribution in [3.63, 3.8) is 0 Å². The van der Waals surface area contributed by atoms with Crippen LogP contribution < -0.4 is 0 Å². The van der Waals surface area contributed by atoms with E-state index in [1.807, 2.05) is 0 Å². The van der Waals surface area contributed by atoms with Gasteiger partial charge in [-0.15, -0.1) is 11.3 Å². The summed E-state index contributed by atoms with van der Waals surface area (Å²) in [4.78, 5) is 1.63. The summed E-state index contributed by atoms with van der Waals surface area (Å²) in [6, 6.07) is 2.15. The molecule has 0 radical (unpaired) electrons. The van der Waals surface area contributed by atoms with Crippen molar-refractivity contribution >= 4 is 59.1 Å². The Kier molecular flexibility index (Phi) is 4.33. The topological polar surface area (TPSA) is 9.23 Å². The van der Waals surface area contributed by atoms with Gasteiger partial charge in [-0.1, -0.05) is 15.9 Å². The molecule has 84 valence electrons. The molecule has 1 fully saturated rings. The molecule has 1 aliphatic rings. The fourth-order valence-electron chi connectivity index (χ4n) is 1.73. The lowest BCUT2D eigenvalue weighted by Crippen LogP contribution is -2.13. The highest BCUT2D eigenvalue weighted by atomic mass is 79.9. The lowest BCUT2D eigenvalue weighted by atomic mass is 10.1. The van der Waals surface area contributed by atoms with E-state index in [1.54, 1.807) is 11.3 Å². The molecule has 3 unspecified atom stereocenters. The molecule has 1 aliphatic heterocycles. The number of alkyl halides is 1. The molecule has 2 rings (SSSR count). The summed E-state index contributed by atoms with van der Waals surface area (Å²) >= 11 is 12.5. The first-order valence-electron chi connectivity index (χ1n) is 4.82. The molecule has 5 heteroatoms. The van der Waals surface area contributed by atoms with E-state index in [2.05, 4.69) is 60.8 Å². The molecule has 0 spiro atoms. The first-order valence-corrected chi connectivity index (χ1v) is 8.14. The number of hydrogen-bond acceptors (Lipinski definition) is 2. The van der Waals surface area contributed by atoms with E-state index in [9.17, 15) is 0 Å².